The summed E-state index contributed by atoms with van der Waals surface area (Å²) in [5.74, 6) is 0.426. The van der Waals surface area contributed by atoms with Crippen LogP contribution in [0.3, 0.4) is 0 Å². The summed E-state index contributed by atoms with van der Waals surface area (Å²) in [4.78, 5) is 29.7. The standard InChI is InChI=1S/C19H26N2O2/c1-13(2)20-11-12-21(14(3)4)19(20)17(15(5)22)18(23)16-9-7-6-8-10-16/h6-10,13-14H,11-12H2,1-5H3. The van der Waals surface area contributed by atoms with Crippen molar-refractivity contribution in [1.82, 2.24) is 9.80 Å². The first-order valence-corrected chi connectivity index (χ1v) is 8.22. The normalized spacial score (nSPS) is 14.8. The molecule has 0 aromatic heterocycles. The summed E-state index contributed by atoms with van der Waals surface area (Å²) in [5, 5.41) is 0. The van der Waals surface area contributed by atoms with Gasteiger partial charge in [0.25, 0.3) is 0 Å². The van der Waals surface area contributed by atoms with Gasteiger partial charge in [0.05, 0.1) is 0 Å². The third-order valence-electron chi connectivity index (χ3n) is 4.21. The van der Waals surface area contributed by atoms with Crippen LogP contribution in [0.4, 0.5) is 0 Å². The van der Waals surface area contributed by atoms with E-state index >= 15 is 0 Å². The van der Waals surface area contributed by atoms with Crippen molar-refractivity contribution in [3.05, 3.63) is 47.3 Å². The molecule has 1 saturated heterocycles. The van der Waals surface area contributed by atoms with Crippen LogP contribution in [0.5, 0.6) is 0 Å². The van der Waals surface area contributed by atoms with Crippen LogP contribution in [0.25, 0.3) is 0 Å². The molecule has 0 radical (unpaired) electrons. The molecule has 1 aromatic carbocycles. The predicted octanol–water partition coefficient (Wildman–Crippen LogP) is 3.10. The van der Waals surface area contributed by atoms with Crippen LogP contribution in [0.15, 0.2) is 41.7 Å². The van der Waals surface area contributed by atoms with Crippen molar-refractivity contribution in [2.24, 2.45) is 0 Å². The summed E-state index contributed by atoms with van der Waals surface area (Å²) in [6.45, 7) is 11.5. The highest BCUT2D eigenvalue weighted by molar-refractivity contribution is 6.26. The minimum atomic E-state index is -0.189. The number of Topliss-reactive ketones (excluding diaryl/α,β-unsaturated/α-hetero) is 2. The van der Waals surface area contributed by atoms with Gasteiger partial charge in [0.2, 0.25) is 0 Å². The zero-order chi connectivity index (χ0) is 17.1. The SMILES string of the molecule is CC(=O)C(C(=O)c1ccccc1)=C1N(C(C)C)CCN1C(C)C. The number of benzene rings is 1. The monoisotopic (exact) mass is 314 g/mol. The molecule has 0 saturated carbocycles. The molecule has 124 valence electrons. The van der Waals surface area contributed by atoms with Gasteiger partial charge in [0, 0.05) is 30.7 Å². The summed E-state index contributed by atoms with van der Waals surface area (Å²) in [6, 6.07) is 9.53. The molecule has 4 nitrogen and oxygen atoms in total. The second-order valence-corrected chi connectivity index (χ2v) is 6.52. The van der Waals surface area contributed by atoms with Gasteiger partial charge in [-0.3, -0.25) is 9.59 Å². The minimum Gasteiger partial charge on any atom is -0.353 e. The third-order valence-corrected chi connectivity index (χ3v) is 4.21. The average Bonchev–Trinajstić information content (AvgIpc) is 2.93. The smallest absolute Gasteiger partial charge is 0.200 e. The number of rotatable bonds is 5. The van der Waals surface area contributed by atoms with Crippen molar-refractivity contribution < 1.29 is 9.59 Å². The number of hydrogen-bond acceptors (Lipinski definition) is 4. The largest absolute Gasteiger partial charge is 0.353 e. The van der Waals surface area contributed by atoms with E-state index in [4.69, 9.17) is 0 Å². The van der Waals surface area contributed by atoms with Crippen molar-refractivity contribution in [2.75, 3.05) is 13.1 Å². The summed E-state index contributed by atoms with van der Waals surface area (Å²) in [6.07, 6.45) is 0. The van der Waals surface area contributed by atoms with Gasteiger partial charge in [-0.25, -0.2) is 0 Å². The van der Waals surface area contributed by atoms with Crippen molar-refractivity contribution in [2.45, 2.75) is 46.7 Å². The Kier molecular flexibility index (Phi) is 5.24. The van der Waals surface area contributed by atoms with Crippen molar-refractivity contribution in [1.29, 1.82) is 0 Å². The van der Waals surface area contributed by atoms with Crippen LogP contribution in [0, 0.1) is 0 Å². The number of hydrogen-bond donors (Lipinski definition) is 0. The highest BCUT2D eigenvalue weighted by Crippen LogP contribution is 2.28. The van der Waals surface area contributed by atoms with Crippen molar-refractivity contribution in [3.8, 4) is 0 Å². The molecule has 0 unspecified atom stereocenters. The van der Waals surface area contributed by atoms with Crippen LogP contribution < -0.4 is 0 Å². The Morgan fingerprint density at radius 2 is 1.39 bits per heavy atom. The number of allylic oxidation sites excluding steroid dienone is 1. The fraction of sp³-hybridized carbons (Fsp3) is 0.474. The fourth-order valence-corrected chi connectivity index (χ4v) is 3.04. The molecule has 23 heavy (non-hydrogen) atoms. The van der Waals surface area contributed by atoms with Crippen LogP contribution in [-0.4, -0.2) is 46.5 Å². The van der Waals surface area contributed by atoms with Gasteiger partial charge in [-0.05, 0) is 34.6 Å². The van der Waals surface area contributed by atoms with Gasteiger partial charge in [0.15, 0.2) is 11.6 Å². The molecule has 1 aliphatic heterocycles. The third kappa shape index (κ3) is 3.46. The van der Waals surface area contributed by atoms with E-state index in [0.717, 1.165) is 18.9 Å². The van der Waals surface area contributed by atoms with Crippen LogP contribution >= 0.6 is 0 Å². The summed E-state index contributed by atoms with van der Waals surface area (Å²) in [7, 11) is 0. The summed E-state index contributed by atoms with van der Waals surface area (Å²) < 4.78 is 0. The first kappa shape index (κ1) is 17.3. The molecule has 0 aliphatic carbocycles. The molecule has 4 heteroatoms. The molecule has 0 spiro atoms. The van der Waals surface area contributed by atoms with E-state index in [2.05, 4.69) is 37.5 Å². The molecule has 1 heterocycles. The lowest BCUT2D eigenvalue weighted by Gasteiger charge is -2.32. The van der Waals surface area contributed by atoms with E-state index in [9.17, 15) is 9.59 Å². The van der Waals surface area contributed by atoms with Gasteiger partial charge < -0.3 is 9.80 Å². The molecule has 1 aromatic rings. The Morgan fingerprint density at radius 1 is 0.913 bits per heavy atom. The zero-order valence-electron chi connectivity index (χ0n) is 14.7. The Balaban J connectivity index is 2.60. The first-order chi connectivity index (χ1) is 10.8. The summed E-state index contributed by atoms with van der Waals surface area (Å²) >= 11 is 0. The van der Waals surface area contributed by atoms with E-state index in [0.29, 0.717) is 11.1 Å². The maximum absolute atomic E-state index is 13.0. The molecule has 0 bridgehead atoms. The highest BCUT2D eigenvalue weighted by atomic mass is 16.1. The number of nitrogens with zero attached hydrogens (tertiary/aromatic N) is 2. The van der Waals surface area contributed by atoms with Crippen LogP contribution in [0.1, 0.15) is 45.0 Å². The van der Waals surface area contributed by atoms with E-state index in [1.54, 1.807) is 12.1 Å². The minimum absolute atomic E-state index is 0.174. The quantitative estimate of drug-likeness (QED) is 0.362. The first-order valence-electron chi connectivity index (χ1n) is 8.22. The van der Waals surface area contributed by atoms with Crippen molar-refractivity contribution in [3.63, 3.8) is 0 Å². The fourth-order valence-electron chi connectivity index (χ4n) is 3.04. The van der Waals surface area contributed by atoms with Gasteiger partial charge in [-0.15, -0.1) is 0 Å². The van der Waals surface area contributed by atoms with Gasteiger partial charge >= 0.3 is 0 Å². The predicted molar refractivity (Wildman–Crippen MR) is 92.2 cm³/mol. The van der Waals surface area contributed by atoms with Crippen molar-refractivity contribution >= 4 is 11.6 Å². The Morgan fingerprint density at radius 3 is 1.78 bits per heavy atom. The lowest BCUT2D eigenvalue weighted by Crippen LogP contribution is -2.35. The van der Waals surface area contributed by atoms with Crippen LogP contribution in [-0.2, 0) is 4.79 Å². The molecule has 2 rings (SSSR count). The lowest BCUT2D eigenvalue weighted by molar-refractivity contribution is -0.113. The number of ketones is 2. The molecule has 1 fully saturated rings. The van der Waals surface area contributed by atoms with E-state index < -0.39 is 0 Å². The Hall–Kier alpha value is -2.10. The maximum atomic E-state index is 13.0. The van der Waals surface area contributed by atoms with Gasteiger partial charge in [-0.2, -0.15) is 0 Å². The van der Waals surface area contributed by atoms with E-state index in [1.807, 2.05) is 18.2 Å². The zero-order valence-corrected chi connectivity index (χ0v) is 14.7. The molecule has 0 amide bonds. The molecule has 0 atom stereocenters. The Labute approximate surface area is 138 Å². The maximum Gasteiger partial charge on any atom is 0.200 e. The van der Waals surface area contributed by atoms with Gasteiger partial charge in [0.1, 0.15) is 11.4 Å². The molecule has 0 N–H and O–H groups in total. The second-order valence-electron chi connectivity index (χ2n) is 6.52. The average molecular weight is 314 g/mol. The van der Waals surface area contributed by atoms with E-state index in [-0.39, 0.29) is 23.7 Å². The lowest BCUT2D eigenvalue weighted by atomic mass is 9.99. The second kappa shape index (κ2) is 6.99. The highest BCUT2D eigenvalue weighted by Gasteiger charge is 2.35. The van der Waals surface area contributed by atoms with E-state index in [1.165, 1.54) is 6.92 Å². The Bertz CT molecular complexity index is 600. The number of carbonyl (C=O) groups is 2. The van der Waals surface area contributed by atoms with Crippen LogP contribution in [0.2, 0.25) is 0 Å². The number of carbonyl (C=O) groups excluding carboxylic acids is 2. The molecular weight excluding hydrogens is 288 g/mol. The van der Waals surface area contributed by atoms with Gasteiger partial charge in [-0.1, -0.05) is 30.3 Å². The summed E-state index contributed by atoms with van der Waals surface area (Å²) in [5.41, 5.74) is 0.862. The molecular formula is C19H26N2O2. The molecule has 1 aliphatic rings. The topological polar surface area (TPSA) is 40.6 Å².